The molecule has 1 fully saturated rings. The minimum atomic E-state index is 0.148. The molecule has 1 aliphatic carbocycles. The molecular weight excluding hydrogens is 224 g/mol. The standard InChI is InChI=1S/C15H22N2O/c1-11-6-4-5-7-14(11)12-8-13(9-12)16-10-15(18)17(2)3/h4-7,12-13,16H,8-10H2,1-3H3. The van der Waals surface area contributed by atoms with Crippen molar-refractivity contribution in [3.63, 3.8) is 0 Å². The number of nitrogens with zero attached hydrogens (tertiary/aromatic N) is 1. The van der Waals surface area contributed by atoms with Gasteiger partial charge in [0.1, 0.15) is 0 Å². The van der Waals surface area contributed by atoms with Gasteiger partial charge in [0.05, 0.1) is 6.54 Å². The van der Waals surface area contributed by atoms with Crippen LogP contribution in [0.3, 0.4) is 0 Å². The van der Waals surface area contributed by atoms with Crippen LogP contribution in [0.5, 0.6) is 0 Å². The van der Waals surface area contributed by atoms with Gasteiger partial charge in [0.15, 0.2) is 0 Å². The zero-order chi connectivity index (χ0) is 13.1. The molecule has 0 aromatic heterocycles. The molecule has 1 aliphatic rings. The summed E-state index contributed by atoms with van der Waals surface area (Å²) in [5.41, 5.74) is 2.85. The minimum absolute atomic E-state index is 0.148. The molecule has 0 bridgehead atoms. The number of carbonyl (C=O) groups is 1. The first-order chi connectivity index (χ1) is 8.58. The first-order valence-corrected chi connectivity index (χ1v) is 6.57. The van der Waals surface area contributed by atoms with Gasteiger partial charge in [-0.25, -0.2) is 0 Å². The maximum absolute atomic E-state index is 11.5. The molecule has 98 valence electrons. The quantitative estimate of drug-likeness (QED) is 0.880. The highest BCUT2D eigenvalue weighted by atomic mass is 16.2. The molecule has 0 unspecified atom stereocenters. The summed E-state index contributed by atoms with van der Waals surface area (Å²) >= 11 is 0. The molecule has 1 amide bonds. The van der Waals surface area contributed by atoms with E-state index in [1.807, 2.05) is 0 Å². The van der Waals surface area contributed by atoms with E-state index in [2.05, 4.69) is 36.5 Å². The van der Waals surface area contributed by atoms with Gasteiger partial charge in [0, 0.05) is 20.1 Å². The van der Waals surface area contributed by atoms with Crippen molar-refractivity contribution >= 4 is 5.91 Å². The second-order valence-electron chi connectivity index (χ2n) is 5.39. The molecule has 0 radical (unpaired) electrons. The van der Waals surface area contributed by atoms with E-state index in [1.165, 1.54) is 11.1 Å². The van der Waals surface area contributed by atoms with Gasteiger partial charge in [-0.2, -0.15) is 0 Å². The molecule has 1 saturated carbocycles. The van der Waals surface area contributed by atoms with Gasteiger partial charge >= 0.3 is 0 Å². The van der Waals surface area contributed by atoms with Gasteiger partial charge < -0.3 is 10.2 Å². The summed E-state index contributed by atoms with van der Waals surface area (Å²) in [4.78, 5) is 13.1. The second-order valence-corrected chi connectivity index (χ2v) is 5.39. The number of hydrogen-bond donors (Lipinski definition) is 1. The summed E-state index contributed by atoms with van der Waals surface area (Å²) in [5, 5.41) is 3.33. The molecular formula is C15H22N2O. The molecule has 1 aromatic carbocycles. The van der Waals surface area contributed by atoms with E-state index in [-0.39, 0.29) is 5.91 Å². The Balaban J connectivity index is 1.78. The van der Waals surface area contributed by atoms with Crippen LogP contribution < -0.4 is 5.32 Å². The highest BCUT2D eigenvalue weighted by molar-refractivity contribution is 5.77. The van der Waals surface area contributed by atoms with Crippen LogP contribution in [0.2, 0.25) is 0 Å². The van der Waals surface area contributed by atoms with E-state index < -0.39 is 0 Å². The van der Waals surface area contributed by atoms with Crippen LogP contribution >= 0.6 is 0 Å². The van der Waals surface area contributed by atoms with Crippen LogP contribution in [0, 0.1) is 6.92 Å². The van der Waals surface area contributed by atoms with Gasteiger partial charge in [-0.3, -0.25) is 4.79 Å². The lowest BCUT2D eigenvalue weighted by molar-refractivity contribution is -0.128. The number of benzene rings is 1. The van der Waals surface area contributed by atoms with Crippen molar-refractivity contribution in [1.29, 1.82) is 0 Å². The second kappa shape index (κ2) is 5.53. The Bertz CT molecular complexity index is 422. The van der Waals surface area contributed by atoms with Crippen molar-refractivity contribution < 1.29 is 4.79 Å². The SMILES string of the molecule is Cc1ccccc1C1CC(NCC(=O)N(C)C)C1. The van der Waals surface area contributed by atoms with Gasteiger partial charge in [0.2, 0.25) is 5.91 Å². The third-order valence-corrected chi connectivity index (χ3v) is 3.81. The number of carbonyl (C=O) groups excluding carboxylic acids is 1. The van der Waals surface area contributed by atoms with Crippen molar-refractivity contribution in [2.75, 3.05) is 20.6 Å². The predicted octanol–water partition coefficient (Wildman–Crippen LogP) is 1.92. The minimum Gasteiger partial charge on any atom is -0.348 e. The molecule has 0 saturated heterocycles. The fraction of sp³-hybridized carbons (Fsp3) is 0.533. The zero-order valence-corrected chi connectivity index (χ0v) is 11.4. The number of nitrogens with one attached hydrogen (secondary N) is 1. The maximum Gasteiger partial charge on any atom is 0.236 e. The third kappa shape index (κ3) is 2.91. The lowest BCUT2D eigenvalue weighted by Gasteiger charge is -2.37. The first kappa shape index (κ1) is 13.1. The molecule has 18 heavy (non-hydrogen) atoms. The van der Waals surface area contributed by atoms with Gasteiger partial charge in [-0.1, -0.05) is 24.3 Å². The Morgan fingerprint density at radius 3 is 2.61 bits per heavy atom. The van der Waals surface area contributed by atoms with Crippen LogP contribution in [0.4, 0.5) is 0 Å². The van der Waals surface area contributed by atoms with Crippen molar-refractivity contribution in [2.45, 2.75) is 31.7 Å². The summed E-state index contributed by atoms with van der Waals surface area (Å²) in [7, 11) is 3.59. The average molecular weight is 246 g/mol. The summed E-state index contributed by atoms with van der Waals surface area (Å²) in [5.74, 6) is 0.812. The van der Waals surface area contributed by atoms with E-state index in [1.54, 1.807) is 19.0 Å². The predicted molar refractivity (Wildman–Crippen MR) is 73.6 cm³/mol. The number of amides is 1. The Kier molecular flexibility index (Phi) is 4.02. The van der Waals surface area contributed by atoms with Crippen LogP contribution in [0.25, 0.3) is 0 Å². The normalized spacial score (nSPS) is 22.4. The van der Waals surface area contributed by atoms with Crippen molar-refractivity contribution in [3.05, 3.63) is 35.4 Å². The largest absolute Gasteiger partial charge is 0.348 e. The lowest BCUT2D eigenvalue weighted by atomic mass is 9.74. The Labute approximate surface area is 109 Å². The van der Waals surface area contributed by atoms with Gasteiger partial charge in [-0.15, -0.1) is 0 Å². The van der Waals surface area contributed by atoms with Crippen LogP contribution in [-0.4, -0.2) is 37.5 Å². The number of rotatable bonds is 4. The van der Waals surface area contributed by atoms with Crippen molar-refractivity contribution in [1.82, 2.24) is 10.2 Å². The molecule has 0 atom stereocenters. The monoisotopic (exact) mass is 246 g/mol. The molecule has 1 aromatic rings. The van der Waals surface area contributed by atoms with Crippen LogP contribution in [0.15, 0.2) is 24.3 Å². The van der Waals surface area contributed by atoms with Gasteiger partial charge in [-0.05, 0) is 36.8 Å². The lowest BCUT2D eigenvalue weighted by Crippen LogP contribution is -2.44. The topological polar surface area (TPSA) is 32.3 Å². The molecule has 3 heteroatoms. The van der Waals surface area contributed by atoms with E-state index in [9.17, 15) is 4.79 Å². The first-order valence-electron chi connectivity index (χ1n) is 6.57. The average Bonchev–Trinajstić information content (AvgIpc) is 2.28. The van der Waals surface area contributed by atoms with Crippen LogP contribution in [-0.2, 0) is 4.79 Å². The van der Waals surface area contributed by atoms with Gasteiger partial charge in [0.25, 0.3) is 0 Å². The smallest absolute Gasteiger partial charge is 0.236 e. The summed E-state index contributed by atoms with van der Waals surface area (Å²) in [6, 6.07) is 9.09. The van der Waals surface area contributed by atoms with Crippen molar-refractivity contribution in [3.8, 4) is 0 Å². The van der Waals surface area contributed by atoms with E-state index in [0.29, 0.717) is 18.5 Å². The van der Waals surface area contributed by atoms with Crippen LogP contribution in [0.1, 0.15) is 29.9 Å². The maximum atomic E-state index is 11.5. The fourth-order valence-corrected chi connectivity index (χ4v) is 2.47. The molecule has 3 nitrogen and oxygen atoms in total. The van der Waals surface area contributed by atoms with E-state index >= 15 is 0 Å². The fourth-order valence-electron chi connectivity index (χ4n) is 2.47. The third-order valence-electron chi connectivity index (χ3n) is 3.81. The molecule has 0 spiro atoms. The highest BCUT2D eigenvalue weighted by Crippen LogP contribution is 2.38. The molecule has 0 aliphatic heterocycles. The number of aryl methyl sites for hydroxylation is 1. The molecule has 0 heterocycles. The Morgan fingerprint density at radius 1 is 1.33 bits per heavy atom. The molecule has 2 rings (SSSR count). The summed E-state index contributed by atoms with van der Waals surface area (Å²) < 4.78 is 0. The molecule has 1 N–H and O–H groups in total. The van der Waals surface area contributed by atoms with Crippen molar-refractivity contribution in [2.24, 2.45) is 0 Å². The van der Waals surface area contributed by atoms with E-state index in [0.717, 1.165) is 12.8 Å². The summed E-state index contributed by atoms with van der Waals surface area (Å²) in [6.45, 7) is 2.63. The summed E-state index contributed by atoms with van der Waals surface area (Å²) in [6.07, 6.45) is 2.29. The highest BCUT2D eigenvalue weighted by Gasteiger charge is 2.30. The van der Waals surface area contributed by atoms with E-state index in [4.69, 9.17) is 0 Å². The zero-order valence-electron chi connectivity index (χ0n) is 11.4. The number of hydrogen-bond acceptors (Lipinski definition) is 2. The Morgan fingerprint density at radius 2 is 2.00 bits per heavy atom. The Hall–Kier alpha value is -1.35. The number of likely N-dealkylation sites (N-methyl/N-ethyl adjacent to an activating group) is 1.